The predicted molar refractivity (Wildman–Crippen MR) is 67.2 cm³/mol. The predicted octanol–water partition coefficient (Wildman–Crippen LogP) is 1.17. The van der Waals surface area contributed by atoms with Crippen LogP contribution >= 0.6 is 0 Å². The highest BCUT2D eigenvalue weighted by molar-refractivity contribution is 5.24. The molecule has 0 amide bonds. The van der Waals surface area contributed by atoms with Crippen molar-refractivity contribution in [3.63, 3.8) is 0 Å². The smallest absolute Gasteiger partial charge is 0.0772 e. The molecule has 3 heteroatoms. The molecule has 0 aliphatic rings. The van der Waals surface area contributed by atoms with E-state index in [1.807, 2.05) is 30.3 Å². The van der Waals surface area contributed by atoms with E-state index in [0.29, 0.717) is 6.54 Å². The van der Waals surface area contributed by atoms with Gasteiger partial charge in [0.25, 0.3) is 0 Å². The van der Waals surface area contributed by atoms with Crippen molar-refractivity contribution in [3.8, 4) is 0 Å². The van der Waals surface area contributed by atoms with Gasteiger partial charge in [0.05, 0.1) is 12.1 Å². The van der Waals surface area contributed by atoms with Gasteiger partial charge in [0.2, 0.25) is 0 Å². The minimum atomic E-state index is -0.659. The average Bonchev–Trinajstić information content (AvgIpc) is 2.36. The zero-order valence-corrected chi connectivity index (χ0v) is 10.2. The van der Waals surface area contributed by atoms with Crippen LogP contribution in [0.1, 0.15) is 19.4 Å². The van der Waals surface area contributed by atoms with E-state index in [1.54, 1.807) is 0 Å². The van der Waals surface area contributed by atoms with Crippen LogP contribution in [-0.4, -0.2) is 36.2 Å². The van der Waals surface area contributed by atoms with Gasteiger partial charge >= 0.3 is 0 Å². The summed E-state index contributed by atoms with van der Waals surface area (Å²) in [7, 11) is 0. The number of nitrogens with zero attached hydrogens (tertiary/aromatic N) is 1. The largest absolute Gasteiger partial charge is 0.394 e. The van der Waals surface area contributed by atoms with Crippen LogP contribution < -0.4 is 5.73 Å². The Labute approximate surface area is 97.9 Å². The lowest BCUT2D eigenvalue weighted by Crippen LogP contribution is -2.50. The monoisotopic (exact) mass is 222 g/mol. The summed E-state index contributed by atoms with van der Waals surface area (Å²) in [6.45, 7) is 6.75. The molecule has 0 aliphatic heterocycles. The van der Waals surface area contributed by atoms with Crippen LogP contribution in [0.5, 0.6) is 0 Å². The Morgan fingerprint density at radius 2 is 1.75 bits per heavy atom. The van der Waals surface area contributed by atoms with Gasteiger partial charge in [-0.2, -0.15) is 0 Å². The Balaban J connectivity index is 2.85. The van der Waals surface area contributed by atoms with E-state index in [4.69, 9.17) is 5.73 Å². The SMILES string of the molecule is CCN(CC)CC(N)(CO)c1ccccc1. The molecule has 1 rings (SSSR count). The standard InChI is InChI=1S/C13H22N2O/c1-3-15(4-2)10-13(14,11-16)12-8-6-5-7-9-12/h5-9,16H,3-4,10-11,14H2,1-2H3. The van der Waals surface area contributed by atoms with Crippen LogP contribution in [0, 0.1) is 0 Å². The summed E-state index contributed by atoms with van der Waals surface area (Å²) in [4.78, 5) is 2.23. The van der Waals surface area contributed by atoms with Gasteiger partial charge in [0.15, 0.2) is 0 Å². The molecule has 0 radical (unpaired) electrons. The number of hydrogen-bond donors (Lipinski definition) is 2. The third-order valence-corrected chi connectivity index (χ3v) is 3.03. The van der Waals surface area contributed by atoms with E-state index in [0.717, 1.165) is 18.7 Å². The van der Waals surface area contributed by atoms with Crippen LogP contribution in [0.15, 0.2) is 30.3 Å². The number of aliphatic hydroxyl groups excluding tert-OH is 1. The fourth-order valence-corrected chi connectivity index (χ4v) is 1.85. The maximum atomic E-state index is 9.53. The molecule has 1 atom stereocenters. The van der Waals surface area contributed by atoms with Gasteiger partial charge < -0.3 is 15.7 Å². The summed E-state index contributed by atoms with van der Waals surface area (Å²) in [5, 5.41) is 9.53. The van der Waals surface area contributed by atoms with Gasteiger partial charge in [-0.1, -0.05) is 44.2 Å². The van der Waals surface area contributed by atoms with Crippen LogP contribution in [0.3, 0.4) is 0 Å². The Morgan fingerprint density at radius 3 is 2.19 bits per heavy atom. The molecule has 16 heavy (non-hydrogen) atoms. The quantitative estimate of drug-likeness (QED) is 0.760. The first-order valence-corrected chi connectivity index (χ1v) is 5.84. The number of hydrogen-bond acceptors (Lipinski definition) is 3. The van der Waals surface area contributed by atoms with Crippen molar-refractivity contribution in [1.82, 2.24) is 4.90 Å². The molecular weight excluding hydrogens is 200 g/mol. The molecule has 90 valence electrons. The molecule has 0 saturated carbocycles. The second-order valence-corrected chi connectivity index (χ2v) is 4.14. The first kappa shape index (κ1) is 13.2. The highest BCUT2D eigenvalue weighted by Crippen LogP contribution is 2.18. The topological polar surface area (TPSA) is 49.5 Å². The first-order valence-electron chi connectivity index (χ1n) is 5.84. The van der Waals surface area contributed by atoms with Gasteiger partial charge in [0, 0.05) is 6.54 Å². The number of likely N-dealkylation sites (N-methyl/N-ethyl adjacent to an activating group) is 1. The van der Waals surface area contributed by atoms with Crippen molar-refractivity contribution in [1.29, 1.82) is 0 Å². The molecule has 0 heterocycles. The second-order valence-electron chi connectivity index (χ2n) is 4.14. The molecule has 3 N–H and O–H groups in total. The van der Waals surface area contributed by atoms with E-state index in [1.165, 1.54) is 0 Å². The third-order valence-electron chi connectivity index (χ3n) is 3.03. The Morgan fingerprint density at radius 1 is 1.19 bits per heavy atom. The van der Waals surface area contributed by atoms with E-state index in [-0.39, 0.29) is 6.61 Å². The Bertz CT molecular complexity index is 298. The Kier molecular flexibility index (Phi) is 4.93. The summed E-state index contributed by atoms with van der Waals surface area (Å²) in [6.07, 6.45) is 0. The maximum absolute atomic E-state index is 9.53. The fourth-order valence-electron chi connectivity index (χ4n) is 1.85. The summed E-state index contributed by atoms with van der Waals surface area (Å²) in [5.74, 6) is 0. The summed E-state index contributed by atoms with van der Waals surface area (Å²) < 4.78 is 0. The molecular formula is C13H22N2O. The molecule has 0 bridgehead atoms. The maximum Gasteiger partial charge on any atom is 0.0772 e. The van der Waals surface area contributed by atoms with Crippen molar-refractivity contribution in [2.24, 2.45) is 5.73 Å². The third kappa shape index (κ3) is 3.04. The van der Waals surface area contributed by atoms with Gasteiger partial charge in [-0.3, -0.25) is 0 Å². The van der Waals surface area contributed by atoms with Gasteiger partial charge in [-0.25, -0.2) is 0 Å². The van der Waals surface area contributed by atoms with Crippen LogP contribution in [0.2, 0.25) is 0 Å². The summed E-state index contributed by atoms with van der Waals surface area (Å²) in [5.41, 5.74) is 6.61. The zero-order chi connectivity index (χ0) is 12.0. The Hall–Kier alpha value is -0.900. The lowest BCUT2D eigenvalue weighted by atomic mass is 9.91. The molecule has 0 saturated heterocycles. The zero-order valence-electron chi connectivity index (χ0n) is 10.2. The van der Waals surface area contributed by atoms with Crippen molar-refractivity contribution >= 4 is 0 Å². The fraction of sp³-hybridized carbons (Fsp3) is 0.538. The van der Waals surface area contributed by atoms with Crippen molar-refractivity contribution in [2.75, 3.05) is 26.2 Å². The molecule has 0 aromatic heterocycles. The van der Waals surface area contributed by atoms with E-state index < -0.39 is 5.54 Å². The van der Waals surface area contributed by atoms with E-state index in [9.17, 15) is 5.11 Å². The minimum absolute atomic E-state index is 0.0342. The summed E-state index contributed by atoms with van der Waals surface area (Å²) in [6, 6.07) is 9.81. The number of rotatable bonds is 6. The summed E-state index contributed by atoms with van der Waals surface area (Å²) >= 11 is 0. The number of aliphatic hydroxyl groups is 1. The van der Waals surface area contributed by atoms with Crippen LogP contribution in [0.25, 0.3) is 0 Å². The van der Waals surface area contributed by atoms with Crippen molar-refractivity contribution in [2.45, 2.75) is 19.4 Å². The molecule has 0 spiro atoms. The normalized spacial score (nSPS) is 15.1. The molecule has 0 aliphatic carbocycles. The highest BCUT2D eigenvalue weighted by atomic mass is 16.3. The first-order chi connectivity index (χ1) is 7.66. The average molecular weight is 222 g/mol. The van der Waals surface area contributed by atoms with Crippen LogP contribution in [0.4, 0.5) is 0 Å². The van der Waals surface area contributed by atoms with Crippen molar-refractivity contribution in [3.05, 3.63) is 35.9 Å². The van der Waals surface area contributed by atoms with E-state index >= 15 is 0 Å². The van der Waals surface area contributed by atoms with Crippen LogP contribution in [-0.2, 0) is 5.54 Å². The van der Waals surface area contributed by atoms with E-state index in [2.05, 4.69) is 18.7 Å². The number of benzene rings is 1. The molecule has 0 fully saturated rings. The van der Waals surface area contributed by atoms with Gasteiger partial charge in [-0.15, -0.1) is 0 Å². The minimum Gasteiger partial charge on any atom is -0.394 e. The molecule has 3 nitrogen and oxygen atoms in total. The van der Waals surface area contributed by atoms with Gasteiger partial charge in [-0.05, 0) is 18.7 Å². The number of nitrogens with two attached hydrogens (primary N) is 1. The molecule has 1 unspecified atom stereocenters. The second kappa shape index (κ2) is 5.99. The molecule has 1 aromatic carbocycles. The molecule has 1 aromatic rings. The van der Waals surface area contributed by atoms with Gasteiger partial charge in [0.1, 0.15) is 0 Å². The lowest BCUT2D eigenvalue weighted by Gasteiger charge is -2.33. The highest BCUT2D eigenvalue weighted by Gasteiger charge is 2.28. The van der Waals surface area contributed by atoms with Crippen molar-refractivity contribution < 1.29 is 5.11 Å². The lowest BCUT2D eigenvalue weighted by molar-refractivity contribution is 0.142.